The van der Waals surface area contributed by atoms with Crippen LogP contribution in [0.4, 0.5) is 29.1 Å². The number of amides is 1. The molecule has 38 heavy (non-hydrogen) atoms. The summed E-state index contributed by atoms with van der Waals surface area (Å²) < 4.78 is 61.0. The topological polar surface area (TPSA) is 80.5 Å². The van der Waals surface area contributed by atoms with Crippen LogP contribution in [0, 0.1) is 5.82 Å². The van der Waals surface area contributed by atoms with Gasteiger partial charge in [0.05, 0.1) is 7.11 Å². The number of nitrogens with zero attached hydrogens (tertiary/aromatic N) is 3. The van der Waals surface area contributed by atoms with Crippen LogP contribution in [0.1, 0.15) is 16.1 Å². The molecule has 1 heterocycles. The van der Waals surface area contributed by atoms with Crippen molar-refractivity contribution in [3.05, 3.63) is 99.9 Å². The summed E-state index contributed by atoms with van der Waals surface area (Å²) in [4.78, 5) is 17.1. The number of alkyl halides is 3. The minimum Gasteiger partial charge on any atom is -0.494 e. The van der Waals surface area contributed by atoms with Crippen molar-refractivity contribution in [2.45, 2.75) is 6.18 Å². The molecule has 0 bridgehead atoms. The average Bonchev–Trinajstić information content (AvgIpc) is 3.27. The first-order valence-electron chi connectivity index (χ1n) is 10.7. The Balaban J connectivity index is 1.84. The second-order valence-corrected chi connectivity index (χ2v) is 8.55. The highest BCUT2D eigenvalue weighted by Gasteiger charge is 2.35. The summed E-state index contributed by atoms with van der Waals surface area (Å²) in [7, 11) is 1.35. The van der Waals surface area contributed by atoms with E-state index in [0.717, 1.165) is 16.8 Å². The fourth-order valence-electron chi connectivity index (χ4n) is 3.35. The van der Waals surface area contributed by atoms with Gasteiger partial charge in [0, 0.05) is 27.4 Å². The minimum absolute atomic E-state index is 0.0337. The van der Waals surface area contributed by atoms with E-state index in [1.54, 1.807) is 24.3 Å². The number of para-hydroxylation sites is 2. The molecule has 0 aliphatic carbocycles. The van der Waals surface area contributed by atoms with Crippen molar-refractivity contribution in [3.63, 3.8) is 0 Å². The molecule has 1 aromatic heterocycles. The Morgan fingerprint density at radius 1 is 1.00 bits per heavy atom. The van der Waals surface area contributed by atoms with Crippen molar-refractivity contribution >= 4 is 46.6 Å². The number of benzene rings is 3. The van der Waals surface area contributed by atoms with Crippen molar-refractivity contribution in [1.82, 2.24) is 15.1 Å². The largest absolute Gasteiger partial charge is 0.494 e. The Hall–Kier alpha value is -4.09. The lowest BCUT2D eigenvalue weighted by Gasteiger charge is -2.14. The van der Waals surface area contributed by atoms with E-state index in [0.29, 0.717) is 6.07 Å². The minimum atomic E-state index is -4.80. The monoisotopic (exact) mass is 565 g/mol. The number of carbonyl (C=O) groups excluding carboxylic acids is 1. The molecule has 13 heteroatoms. The Bertz CT molecular complexity index is 1500. The third-order valence-corrected chi connectivity index (χ3v) is 5.42. The SMILES string of the molecule is COc1ccccc1-n1nc(C(F)(F)F)cc1/N=C(/NC(=O)c1cccc(Cl)c1)Nc1cc(F)cc(Cl)c1. The van der Waals surface area contributed by atoms with Gasteiger partial charge < -0.3 is 10.1 Å². The van der Waals surface area contributed by atoms with Crippen molar-refractivity contribution in [3.8, 4) is 11.4 Å². The van der Waals surface area contributed by atoms with E-state index in [2.05, 4.69) is 20.7 Å². The van der Waals surface area contributed by atoms with Crippen LogP contribution in [0.2, 0.25) is 10.0 Å². The number of hydrogen-bond acceptors (Lipinski definition) is 4. The standard InChI is InChI=1S/C25H17Cl2F4N5O2/c1-38-20-8-3-2-7-19(20)36-22(13-21(35-36)25(29,30)31)33-24(32-18-11-16(27)10-17(28)12-18)34-23(37)14-5-4-6-15(26)9-14/h2-13H,1H3,(H2,32,33,34,37). The number of nitrogens with one attached hydrogen (secondary N) is 2. The zero-order chi connectivity index (χ0) is 27.4. The number of halogens is 6. The van der Waals surface area contributed by atoms with Crippen LogP contribution >= 0.6 is 23.2 Å². The van der Waals surface area contributed by atoms with E-state index in [9.17, 15) is 22.4 Å². The molecule has 0 aliphatic rings. The lowest BCUT2D eigenvalue weighted by atomic mass is 10.2. The number of anilines is 1. The number of guanidine groups is 1. The maximum Gasteiger partial charge on any atom is 0.435 e. The van der Waals surface area contributed by atoms with Crippen molar-refractivity contribution < 1.29 is 27.1 Å². The lowest BCUT2D eigenvalue weighted by Crippen LogP contribution is -2.36. The lowest BCUT2D eigenvalue weighted by molar-refractivity contribution is -0.141. The molecule has 0 radical (unpaired) electrons. The van der Waals surface area contributed by atoms with E-state index in [1.807, 2.05) is 0 Å². The number of aliphatic imine (C=N–C) groups is 1. The molecule has 7 nitrogen and oxygen atoms in total. The number of rotatable bonds is 5. The molecule has 4 aromatic rings. The maximum absolute atomic E-state index is 14.0. The number of aromatic nitrogens is 2. The highest BCUT2D eigenvalue weighted by Crippen LogP contribution is 2.34. The molecule has 0 atom stereocenters. The van der Waals surface area contributed by atoms with E-state index in [4.69, 9.17) is 27.9 Å². The van der Waals surface area contributed by atoms with Crippen LogP contribution in [0.3, 0.4) is 0 Å². The van der Waals surface area contributed by atoms with Gasteiger partial charge in [0.2, 0.25) is 5.96 Å². The van der Waals surface area contributed by atoms with Gasteiger partial charge in [0.25, 0.3) is 5.91 Å². The van der Waals surface area contributed by atoms with Crippen LogP contribution in [-0.4, -0.2) is 28.8 Å². The van der Waals surface area contributed by atoms with Gasteiger partial charge in [0.15, 0.2) is 11.5 Å². The van der Waals surface area contributed by atoms with Crippen LogP contribution < -0.4 is 15.4 Å². The molecule has 2 N–H and O–H groups in total. The van der Waals surface area contributed by atoms with Crippen LogP contribution in [-0.2, 0) is 6.18 Å². The molecular weight excluding hydrogens is 549 g/mol. The maximum atomic E-state index is 14.0. The molecule has 0 aliphatic heterocycles. The fraction of sp³-hybridized carbons (Fsp3) is 0.0800. The number of carbonyl (C=O) groups is 1. The summed E-state index contributed by atoms with van der Waals surface area (Å²) in [6, 6.07) is 16.3. The van der Waals surface area contributed by atoms with Crippen LogP contribution in [0.15, 0.2) is 77.8 Å². The van der Waals surface area contributed by atoms with E-state index in [-0.39, 0.29) is 44.5 Å². The van der Waals surface area contributed by atoms with Crippen molar-refractivity contribution in [2.24, 2.45) is 4.99 Å². The molecule has 0 unspecified atom stereocenters. The molecule has 0 saturated carbocycles. The summed E-state index contributed by atoms with van der Waals surface area (Å²) in [6.07, 6.45) is -4.80. The van der Waals surface area contributed by atoms with Gasteiger partial charge in [-0.25, -0.2) is 9.07 Å². The molecule has 1 amide bonds. The molecule has 0 spiro atoms. The second-order valence-electron chi connectivity index (χ2n) is 7.68. The summed E-state index contributed by atoms with van der Waals surface area (Å²) >= 11 is 11.9. The van der Waals surface area contributed by atoms with Gasteiger partial charge >= 0.3 is 6.18 Å². The third-order valence-electron chi connectivity index (χ3n) is 4.96. The molecule has 0 fully saturated rings. The highest BCUT2D eigenvalue weighted by molar-refractivity contribution is 6.31. The smallest absolute Gasteiger partial charge is 0.435 e. The average molecular weight is 566 g/mol. The fourth-order valence-corrected chi connectivity index (χ4v) is 3.76. The predicted octanol–water partition coefficient (Wildman–Crippen LogP) is 6.88. The van der Waals surface area contributed by atoms with Gasteiger partial charge in [0.1, 0.15) is 17.3 Å². The van der Waals surface area contributed by atoms with Crippen LogP contribution in [0.5, 0.6) is 5.75 Å². The van der Waals surface area contributed by atoms with E-state index in [1.165, 1.54) is 37.4 Å². The predicted molar refractivity (Wildman–Crippen MR) is 136 cm³/mol. The molecule has 4 rings (SSSR count). The Morgan fingerprint density at radius 2 is 1.76 bits per heavy atom. The van der Waals surface area contributed by atoms with E-state index < -0.39 is 23.6 Å². The zero-order valence-electron chi connectivity index (χ0n) is 19.4. The van der Waals surface area contributed by atoms with E-state index >= 15 is 0 Å². The second kappa shape index (κ2) is 11.1. The Morgan fingerprint density at radius 3 is 2.45 bits per heavy atom. The quantitative estimate of drug-likeness (QED) is 0.157. The summed E-state index contributed by atoms with van der Waals surface area (Å²) in [5.74, 6) is -1.84. The highest BCUT2D eigenvalue weighted by atomic mass is 35.5. The molecular formula is C25H17Cl2F4N5O2. The van der Waals surface area contributed by atoms with Gasteiger partial charge in [-0.2, -0.15) is 23.3 Å². The number of hydrogen-bond donors (Lipinski definition) is 2. The van der Waals surface area contributed by atoms with Gasteiger partial charge in [-0.15, -0.1) is 0 Å². The van der Waals surface area contributed by atoms with Crippen molar-refractivity contribution in [2.75, 3.05) is 12.4 Å². The molecule has 3 aromatic carbocycles. The number of ether oxygens (including phenoxy) is 1. The first-order valence-corrected chi connectivity index (χ1v) is 11.5. The van der Waals surface area contributed by atoms with Crippen LogP contribution in [0.25, 0.3) is 5.69 Å². The van der Waals surface area contributed by atoms with Crippen molar-refractivity contribution in [1.29, 1.82) is 0 Å². The normalized spacial score (nSPS) is 11.8. The molecule has 0 saturated heterocycles. The number of methoxy groups -OCH3 is 1. The summed E-state index contributed by atoms with van der Waals surface area (Å²) in [5.41, 5.74) is -0.881. The third kappa shape index (κ3) is 6.42. The van der Waals surface area contributed by atoms with Gasteiger partial charge in [-0.1, -0.05) is 41.4 Å². The first-order chi connectivity index (χ1) is 18.0. The Kier molecular flexibility index (Phi) is 7.88. The van der Waals surface area contributed by atoms with Gasteiger partial charge in [-0.05, 0) is 48.5 Å². The molecule has 196 valence electrons. The first kappa shape index (κ1) is 27.0. The summed E-state index contributed by atoms with van der Waals surface area (Å²) in [5, 5.41) is 9.14. The van der Waals surface area contributed by atoms with Gasteiger partial charge in [-0.3, -0.25) is 10.1 Å². The summed E-state index contributed by atoms with van der Waals surface area (Å²) in [6.45, 7) is 0. The Labute approximate surface area is 223 Å². The zero-order valence-corrected chi connectivity index (χ0v) is 20.9.